The predicted molar refractivity (Wildman–Crippen MR) is 74.0 cm³/mol. The standard InChI is InChI=1S/C14H10N2O2S/c1-2-7-16-13(17)12(19-14(16)18)8-10-3-5-11(9-15)6-4-10/h2-6,8H,1,7H2. The van der Waals surface area contributed by atoms with Gasteiger partial charge in [0.15, 0.2) is 0 Å². The van der Waals surface area contributed by atoms with Crippen LogP contribution in [0.3, 0.4) is 0 Å². The first-order valence-electron chi connectivity index (χ1n) is 5.52. The van der Waals surface area contributed by atoms with Crippen LogP contribution in [0.15, 0.2) is 41.8 Å². The minimum absolute atomic E-state index is 0.218. The van der Waals surface area contributed by atoms with Gasteiger partial charge in [-0.15, -0.1) is 6.58 Å². The van der Waals surface area contributed by atoms with Gasteiger partial charge < -0.3 is 0 Å². The number of rotatable bonds is 3. The Morgan fingerprint density at radius 2 is 2.00 bits per heavy atom. The predicted octanol–water partition coefficient (Wildman–Crippen LogP) is 2.78. The van der Waals surface area contributed by atoms with Gasteiger partial charge in [-0.05, 0) is 35.5 Å². The van der Waals surface area contributed by atoms with Crippen molar-refractivity contribution < 1.29 is 9.59 Å². The molecular formula is C14H10N2O2S. The Labute approximate surface area is 115 Å². The Morgan fingerprint density at radius 3 is 2.58 bits per heavy atom. The van der Waals surface area contributed by atoms with Crippen molar-refractivity contribution in [3.8, 4) is 6.07 Å². The van der Waals surface area contributed by atoms with Crippen molar-refractivity contribution >= 4 is 29.0 Å². The summed E-state index contributed by atoms with van der Waals surface area (Å²) in [5, 5.41) is 8.41. The highest BCUT2D eigenvalue weighted by Gasteiger charge is 2.33. The fourth-order valence-electron chi connectivity index (χ4n) is 1.59. The van der Waals surface area contributed by atoms with E-state index in [-0.39, 0.29) is 17.7 Å². The Balaban J connectivity index is 2.24. The molecule has 0 saturated carbocycles. The molecule has 94 valence electrons. The highest BCUT2D eigenvalue weighted by atomic mass is 32.2. The number of thioether (sulfide) groups is 1. The zero-order valence-electron chi connectivity index (χ0n) is 10.00. The molecule has 1 aromatic carbocycles. The van der Waals surface area contributed by atoms with Crippen LogP contribution >= 0.6 is 11.8 Å². The van der Waals surface area contributed by atoms with E-state index in [4.69, 9.17) is 5.26 Å². The molecule has 4 nitrogen and oxygen atoms in total. The topological polar surface area (TPSA) is 61.2 Å². The quantitative estimate of drug-likeness (QED) is 0.626. The average molecular weight is 270 g/mol. The van der Waals surface area contributed by atoms with Crippen molar-refractivity contribution in [2.45, 2.75) is 0 Å². The fraction of sp³-hybridized carbons (Fsp3) is 0.0714. The second-order valence-corrected chi connectivity index (χ2v) is 4.81. The maximum atomic E-state index is 11.9. The van der Waals surface area contributed by atoms with Gasteiger partial charge >= 0.3 is 0 Å². The molecule has 5 heteroatoms. The van der Waals surface area contributed by atoms with E-state index in [0.29, 0.717) is 10.5 Å². The lowest BCUT2D eigenvalue weighted by Gasteiger charge is -2.07. The molecule has 0 N–H and O–H groups in total. The number of benzene rings is 1. The summed E-state index contributed by atoms with van der Waals surface area (Å²) in [5.41, 5.74) is 1.33. The maximum absolute atomic E-state index is 11.9. The van der Waals surface area contributed by atoms with Crippen LogP contribution in [0.2, 0.25) is 0 Å². The van der Waals surface area contributed by atoms with E-state index in [1.165, 1.54) is 6.08 Å². The zero-order chi connectivity index (χ0) is 13.8. The first-order chi connectivity index (χ1) is 9.15. The molecule has 0 aromatic heterocycles. The van der Waals surface area contributed by atoms with Crippen molar-refractivity contribution in [1.82, 2.24) is 4.90 Å². The minimum atomic E-state index is -0.306. The Hall–Kier alpha value is -2.32. The highest BCUT2D eigenvalue weighted by Crippen LogP contribution is 2.31. The molecule has 2 amide bonds. The number of carbonyl (C=O) groups is 2. The summed E-state index contributed by atoms with van der Waals surface area (Å²) < 4.78 is 0. The summed E-state index contributed by atoms with van der Waals surface area (Å²) in [5.74, 6) is -0.306. The summed E-state index contributed by atoms with van der Waals surface area (Å²) in [4.78, 5) is 25.1. The molecule has 0 radical (unpaired) electrons. The first-order valence-corrected chi connectivity index (χ1v) is 6.34. The third-order valence-electron chi connectivity index (χ3n) is 2.52. The molecule has 1 fully saturated rings. The van der Waals surface area contributed by atoms with E-state index in [9.17, 15) is 9.59 Å². The largest absolute Gasteiger partial charge is 0.293 e. The van der Waals surface area contributed by atoms with Crippen LogP contribution in [0, 0.1) is 11.3 Å². The molecule has 1 aromatic rings. The molecule has 0 atom stereocenters. The van der Waals surface area contributed by atoms with E-state index in [1.807, 2.05) is 6.07 Å². The SMILES string of the molecule is C=CCN1C(=O)SC(=Cc2ccc(C#N)cc2)C1=O. The molecule has 1 aliphatic rings. The second kappa shape index (κ2) is 5.55. The van der Waals surface area contributed by atoms with E-state index in [0.717, 1.165) is 22.2 Å². The average Bonchev–Trinajstić information content (AvgIpc) is 2.68. The molecule has 0 unspecified atom stereocenters. The number of nitrogens with zero attached hydrogens (tertiary/aromatic N) is 2. The highest BCUT2D eigenvalue weighted by molar-refractivity contribution is 8.18. The van der Waals surface area contributed by atoms with Crippen LogP contribution in [0.25, 0.3) is 6.08 Å². The molecule has 1 saturated heterocycles. The summed E-state index contributed by atoms with van der Waals surface area (Å²) in [7, 11) is 0. The van der Waals surface area contributed by atoms with Crippen molar-refractivity contribution in [2.75, 3.05) is 6.54 Å². The maximum Gasteiger partial charge on any atom is 0.293 e. The third kappa shape index (κ3) is 2.75. The molecular weight excluding hydrogens is 260 g/mol. The Bertz CT molecular complexity index is 611. The molecule has 2 rings (SSSR count). The summed E-state index contributed by atoms with van der Waals surface area (Å²) in [6.07, 6.45) is 3.16. The van der Waals surface area contributed by atoms with Crippen LogP contribution in [0.5, 0.6) is 0 Å². The number of hydrogen-bond donors (Lipinski definition) is 0. The van der Waals surface area contributed by atoms with Gasteiger partial charge in [-0.1, -0.05) is 18.2 Å². The van der Waals surface area contributed by atoms with Gasteiger partial charge in [0.05, 0.1) is 16.5 Å². The van der Waals surface area contributed by atoms with Gasteiger partial charge in [-0.2, -0.15) is 5.26 Å². The fourth-order valence-corrected chi connectivity index (χ4v) is 2.44. The van der Waals surface area contributed by atoms with Crippen molar-refractivity contribution in [3.63, 3.8) is 0 Å². The van der Waals surface area contributed by atoms with Crippen LogP contribution in [0.1, 0.15) is 11.1 Å². The van der Waals surface area contributed by atoms with Gasteiger partial charge in [-0.3, -0.25) is 14.5 Å². The zero-order valence-corrected chi connectivity index (χ0v) is 10.8. The van der Waals surface area contributed by atoms with Gasteiger partial charge in [0.2, 0.25) is 0 Å². The Kier molecular flexibility index (Phi) is 3.83. The normalized spacial score (nSPS) is 16.8. The van der Waals surface area contributed by atoms with Gasteiger partial charge in [-0.25, -0.2) is 0 Å². The molecule has 0 spiro atoms. The lowest BCUT2D eigenvalue weighted by atomic mass is 10.1. The van der Waals surface area contributed by atoms with E-state index in [1.54, 1.807) is 30.3 Å². The minimum Gasteiger partial charge on any atom is -0.268 e. The number of hydrogen-bond acceptors (Lipinski definition) is 4. The number of carbonyl (C=O) groups excluding carboxylic acids is 2. The van der Waals surface area contributed by atoms with Gasteiger partial charge in [0, 0.05) is 6.54 Å². The first kappa shape index (κ1) is 13.1. The van der Waals surface area contributed by atoms with Crippen LogP contribution in [-0.4, -0.2) is 22.6 Å². The Morgan fingerprint density at radius 1 is 1.32 bits per heavy atom. The van der Waals surface area contributed by atoms with E-state index in [2.05, 4.69) is 6.58 Å². The van der Waals surface area contributed by atoms with Crippen LogP contribution < -0.4 is 0 Å². The van der Waals surface area contributed by atoms with Gasteiger partial charge in [0.1, 0.15) is 0 Å². The monoisotopic (exact) mass is 270 g/mol. The smallest absolute Gasteiger partial charge is 0.268 e. The van der Waals surface area contributed by atoms with Crippen molar-refractivity contribution in [1.29, 1.82) is 5.26 Å². The molecule has 1 heterocycles. The van der Waals surface area contributed by atoms with Crippen LogP contribution in [-0.2, 0) is 4.79 Å². The molecule has 19 heavy (non-hydrogen) atoms. The van der Waals surface area contributed by atoms with Crippen molar-refractivity contribution in [3.05, 3.63) is 53.0 Å². The number of nitriles is 1. The number of imide groups is 1. The second-order valence-electron chi connectivity index (χ2n) is 3.81. The molecule has 1 aliphatic heterocycles. The van der Waals surface area contributed by atoms with E-state index < -0.39 is 0 Å². The molecule has 0 bridgehead atoms. The summed E-state index contributed by atoms with van der Waals surface area (Å²) in [6.45, 7) is 3.73. The van der Waals surface area contributed by atoms with E-state index >= 15 is 0 Å². The summed E-state index contributed by atoms with van der Waals surface area (Å²) in [6, 6.07) is 8.83. The van der Waals surface area contributed by atoms with Gasteiger partial charge in [0.25, 0.3) is 11.1 Å². The lowest BCUT2D eigenvalue weighted by molar-refractivity contribution is -0.122. The lowest BCUT2D eigenvalue weighted by Crippen LogP contribution is -2.27. The third-order valence-corrected chi connectivity index (χ3v) is 3.43. The van der Waals surface area contributed by atoms with Crippen LogP contribution in [0.4, 0.5) is 4.79 Å². The summed E-state index contributed by atoms with van der Waals surface area (Å²) >= 11 is 0.912. The molecule has 0 aliphatic carbocycles. The number of amides is 2. The van der Waals surface area contributed by atoms with Crippen molar-refractivity contribution in [2.24, 2.45) is 0 Å².